The molecular weight excluding hydrogens is 313 g/mol. The first kappa shape index (κ1) is 18.2. The molecule has 5 nitrogen and oxygen atoms in total. The normalized spacial score (nSPS) is 23.5. The second-order valence-electron chi connectivity index (χ2n) is 6.55. The largest absolute Gasteiger partial charge is 0.494 e. The van der Waals surface area contributed by atoms with Crippen LogP contribution in [0.5, 0.6) is 5.75 Å². The van der Waals surface area contributed by atoms with E-state index in [1.807, 2.05) is 0 Å². The fourth-order valence-corrected chi connectivity index (χ4v) is 3.13. The van der Waals surface area contributed by atoms with Gasteiger partial charge in [0, 0.05) is 6.42 Å². The molecule has 2 rings (SSSR count). The van der Waals surface area contributed by atoms with Crippen LogP contribution in [0.15, 0.2) is 18.2 Å². The van der Waals surface area contributed by atoms with Gasteiger partial charge in [0.05, 0.1) is 7.11 Å². The van der Waals surface area contributed by atoms with Gasteiger partial charge in [-0.15, -0.1) is 0 Å². The highest BCUT2D eigenvalue weighted by molar-refractivity contribution is 5.87. The smallest absolute Gasteiger partial charge is 0.329 e. The van der Waals surface area contributed by atoms with Crippen LogP contribution >= 0.6 is 0 Å². The maximum absolute atomic E-state index is 14.1. The van der Waals surface area contributed by atoms with Crippen LogP contribution in [0.2, 0.25) is 0 Å². The Hall–Kier alpha value is -2.11. The summed E-state index contributed by atoms with van der Waals surface area (Å²) >= 11 is 0. The molecule has 1 aromatic carbocycles. The summed E-state index contributed by atoms with van der Waals surface area (Å²) in [6.45, 7) is 2.08. The van der Waals surface area contributed by atoms with E-state index in [4.69, 9.17) is 4.74 Å². The van der Waals surface area contributed by atoms with Gasteiger partial charge < -0.3 is 15.2 Å². The Balaban J connectivity index is 1.98. The van der Waals surface area contributed by atoms with Gasteiger partial charge in [0.1, 0.15) is 5.54 Å². The van der Waals surface area contributed by atoms with Crippen molar-refractivity contribution in [1.82, 2.24) is 5.32 Å². The fraction of sp³-hybridized carbons (Fsp3) is 0.556. The molecule has 0 spiro atoms. The highest BCUT2D eigenvalue weighted by Gasteiger charge is 2.42. The topological polar surface area (TPSA) is 75.6 Å². The molecule has 1 aromatic rings. The highest BCUT2D eigenvalue weighted by atomic mass is 19.1. The summed E-state index contributed by atoms with van der Waals surface area (Å²) in [4.78, 5) is 23.9. The zero-order valence-corrected chi connectivity index (χ0v) is 14.1. The molecule has 1 fully saturated rings. The maximum atomic E-state index is 14.1. The number of carbonyl (C=O) groups is 2. The molecule has 0 aromatic heterocycles. The molecular formula is C18H24FNO4. The van der Waals surface area contributed by atoms with Gasteiger partial charge in [-0.2, -0.15) is 0 Å². The quantitative estimate of drug-likeness (QED) is 0.837. The minimum Gasteiger partial charge on any atom is -0.494 e. The predicted molar refractivity (Wildman–Crippen MR) is 87.4 cm³/mol. The van der Waals surface area contributed by atoms with Crippen LogP contribution in [-0.2, 0) is 16.0 Å². The number of hydrogen-bond donors (Lipinski definition) is 2. The molecule has 0 bridgehead atoms. The summed E-state index contributed by atoms with van der Waals surface area (Å²) in [6, 6.07) is 4.78. The number of carboxylic acid groups (broad SMARTS) is 1. The van der Waals surface area contributed by atoms with Gasteiger partial charge in [0.25, 0.3) is 0 Å². The summed E-state index contributed by atoms with van der Waals surface area (Å²) in [6.07, 6.45) is 2.65. The molecule has 2 N–H and O–H groups in total. The van der Waals surface area contributed by atoms with Crippen LogP contribution in [0.1, 0.15) is 44.6 Å². The lowest BCUT2D eigenvalue weighted by atomic mass is 9.77. The summed E-state index contributed by atoms with van der Waals surface area (Å²) in [5.41, 5.74) is -0.803. The third-order valence-corrected chi connectivity index (χ3v) is 4.80. The van der Waals surface area contributed by atoms with E-state index in [0.717, 1.165) is 12.8 Å². The standard InChI is InChI=1S/C18H24FNO4/c1-12-8-10-18(11-9-12,17(22)23)20-15(21)7-6-13-4-3-5-14(24-2)16(13)19/h3-5,12H,6-11H2,1-2H3,(H,20,21)(H,22,23). The Kier molecular flexibility index (Phi) is 5.80. The SMILES string of the molecule is COc1cccc(CCC(=O)NC2(C(=O)O)CCC(C)CC2)c1F. The lowest BCUT2D eigenvalue weighted by Gasteiger charge is -2.36. The van der Waals surface area contributed by atoms with Crippen molar-refractivity contribution >= 4 is 11.9 Å². The van der Waals surface area contributed by atoms with Crippen molar-refractivity contribution in [1.29, 1.82) is 0 Å². The molecule has 1 aliphatic carbocycles. The Morgan fingerprint density at radius 3 is 2.62 bits per heavy atom. The van der Waals surface area contributed by atoms with E-state index in [0.29, 0.717) is 24.3 Å². The van der Waals surface area contributed by atoms with Crippen molar-refractivity contribution < 1.29 is 23.8 Å². The highest BCUT2D eigenvalue weighted by Crippen LogP contribution is 2.32. The van der Waals surface area contributed by atoms with Crippen molar-refractivity contribution in [2.24, 2.45) is 5.92 Å². The minimum absolute atomic E-state index is 0.0364. The minimum atomic E-state index is -1.18. The lowest BCUT2D eigenvalue weighted by Crippen LogP contribution is -2.56. The molecule has 24 heavy (non-hydrogen) atoms. The molecule has 1 saturated carbocycles. The number of ether oxygens (including phenoxy) is 1. The van der Waals surface area contributed by atoms with Gasteiger partial charge in [-0.25, -0.2) is 9.18 Å². The van der Waals surface area contributed by atoms with Crippen LogP contribution in [0.4, 0.5) is 4.39 Å². The predicted octanol–water partition coefficient (Wildman–Crippen LogP) is 2.92. The van der Waals surface area contributed by atoms with Gasteiger partial charge in [0.15, 0.2) is 11.6 Å². The second-order valence-corrected chi connectivity index (χ2v) is 6.55. The fourth-order valence-electron chi connectivity index (χ4n) is 3.13. The van der Waals surface area contributed by atoms with Crippen molar-refractivity contribution in [3.8, 4) is 5.75 Å². The number of nitrogens with one attached hydrogen (secondary N) is 1. The molecule has 0 atom stereocenters. The van der Waals surface area contributed by atoms with E-state index in [1.165, 1.54) is 13.2 Å². The van der Waals surface area contributed by atoms with Crippen molar-refractivity contribution in [3.63, 3.8) is 0 Å². The second kappa shape index (κ2) is 7.64. The maximum Gasteiger partial charge on any atom is 0.329 e. The number of aryl methyl sites for hydroxylation is 1. The average Bonchev–Trinajstić information content (AvgIpc) is 2.56. The number of aliphatic carboxylic acids is 1. The lowest BCUT2D eigenvalue weighted by molar-refractivity contribution is -0.149. The van der Waals surface area contributed by atoms with E-state index in [-0.39, 0.29) is 24.5 Å². The first-order valence-electron chi connectivity index (χ1n) is 8.24. The van der Waals surface area contributed by atoms with Crippen LogP contribution < -0.4 is 10.1 Å². The first-order valence-corrected chi connectivity index (χ1v) is 8.24. The molecule has 0 unspecified atom stereocenters. The van der Waals surface area contributed by atoms with Gasteiger partial charge >= 0.3 is 5.97 Å². The van der Waals surface area contributed by atoms with E-state index in [2.05, 4.69) is 12.2 Å². The number of methoxy groups -OCH3 is 1. The van der Waals surface area contributed by atoms with Gasteiger partial charge in [-0.05, 0) is 49.7 Å². The Bertz CT molecular complexity index is 609. The molecule has 1 aliphatic rings. The molecule has 0 radical (unpaired) electrons. The van der Waals surface area contributed by atoms with Crippen molar-refractivity contribution in [3.05, 3.63) is 29.6 Å². The molecule has 0 aliphatic heterocycles. The molecule has 6 heteroatoms. The van der Waals surface area contributed by atoms with Gasteiger partial charge in [0.2, 0.25) is 5.91 Å². The summed E-state index contributed by atoms with van der Waals surface area (Å²) in [7, 11) is 1.38. The number of benzene rings is 1. The average molecular weight is 337 g/mol. The Morgan fingerprint density at radius 2 is 2.04 bits per heavy atom. The zero-order valence-electron chi connectivity index (χ0n) is 14.1. The van der Waals surface area contributed by atoms with E-state index < -0.39 is 17.3 Å². The molecule has 132 valence electrons. The number of carboxylic acids is 1. The number of amides is 1. The first-order chi connectivity index (χ1) is 11.4. The van der Waals surface area contributed by atoms with Crippen LogP contribution in [0.25, 0.3) is 0 Å². The molecule has 0 saturated heterocycles. The number of rotatable bonds is 6. The van der Waals surface area contributed by atoms with Gasteiger partial charge in [-0.1, -0.05) is 19.1 Å². The monoisotopic (exact) mass is 337 g/mol. The summed E-state index contributed by atoms with van der Waals surface area (Å²) < 4.78 is 19.0. The number of hydrogen-bond acceptors (Lipinski definition) is 3. The summed E-state index contributed by atoms with van der Waals surface area (Å²) in [5.74, 6) is -1.23. The third-order valence-electron chi connectivity index (χ3n) is 4.80. The van der Waals surface area contributed by atoms with Crippen LogP contribution in [0, 0.1) is 11.7 Å². The van der Waals surface area contributed by atoms with Crippen LogP contribution in [0.3, 0.4) is 0 Å². The van der Waals surface area contributed by atoms with E-state index >= 15 is 0 Å². The Labute approximate surface area is 141 Å². The van der Waals surface area contributed by atoms with E-state index in [1.54, 1.807) is 12.1 Å². The number of carbonyl (C=O) groups excluding carboxylic acids is 1. The number of halogens is 1. The van der Waals surface area contributed by atoms with Crippen LogP contribution in [-0.4, -0.2) is 29.6 Å². The van der Waals surface area contributed by atoms with Crippen molar-refractivity contribution in [2.45, 2.75) is 51.0 Å². The van der Waals surface area contributed by atoms with E-state index in [9.17, 15) is 19.1 Å². The molecule has 1 amide bonds. The van der Waals surface area contributed by atoms with Crippen molar-refractivity contribution in [2.75, 3.05) is 7.11 Å². The van der Waals surface area contributed by atoms with Gasteiger partial charge in [-0.3, -0.25) is 4.79 Å². The zero-order chi connectivity index (χ0) is 17.7. The molecule has 0 heterocycles. The Morgan fingerprint density at radius 1 is 1.38 bits per heavy atom. The summed E-state index contributed by atoms with van der Waals surface area (Å²) in [5, 5.41) is 12.2. The third kappa shape index (κ3) is 4.04.